The first-order valence-electron chi connectivity index (χ1n) is 11.4. The Morgan fingerprint density at radius 3 is 2.23 bits per heavy atom. The number of pyridine rings is 1. The number of hydrogen-bond donors (Lipinski definition) is 5. The third kappa shape index (κ3) is 5.86. The monoisotopic (exact) mass is 548 g/mol. The van der Waals surface area contributed by atoms with Crippen molar-refractivity contribution in [3.05, 3.63) is 87.4 Å². The minimum Gasteiger partial charge on any atom is -0.478 e. The van der Waals surface area contributed by atoms with Crippen molar-refractivity contribution in [2.45, 2.75) is 13.5 Å². The molecule has 0 atom stereocenters. The quantitative estimate of drug-likeness (QED) is 0.224. The Bertz CT molecular complexity index is 1630. The number of carbonyl (C=O) groups is 3. The van der Waals surface area contributed by atoms with E-state index >= 15 is 0 Å². The van der Waals surface area contributed by atoms with Crippen molar-refractivity contribution in [1.82, 2.24) is 14.8 Å². The molecule has 0 aliphatic heterocycles. The second-order valence-electron chi connectivity index (χ2n) is 8.22. The summed E-state index contributed by atoms with van der Waals surface area (Å²) in [7, 11) is 0. The third-order valence-corrected chi connectivity index (χ3v) is 5.89. The fourth-order valence-corrected chi connectivity index (χ4v) is 3.95. The van der Waals surface area contributed by atoms with Crippen molar-refractivity contribution in [3.63, 3.8) is 0 Å². The molecular weight excluding hydrogens is 528 g/mol. The molecule has 0 fully saturated rings. The number of amides is 2. The predicted molar refractivity (Wildman–Crippen MR) is 145 cm³/mol. The van der Waals surface area contributed by atoms with Crippen LogP contribution in [-0.4, -0.2) is 42.9 Å². The van der Waals surface area contributed by atoms with Gasteiger partial charge in [-0.15, -0.1) is 0 Å². The van der Waals surface area contributed by atoms with Crippen LogP contribution in [0.2, 0.25) is 5.02 Å². The van der Waals surface area contributed by atoms with E-state index in [0.717, 1.165) is 6.07 Å². The molecule has 2 amide bonds. The molecule has 4 rings (SSSR count). The molecule has 0 saturated carbocycles. The van der Waals surface area contributed by atoms with Gasteiger partial charge >= 0.3 is 18.0 Å². The lowest BCUT2D eigenvalue weighted by atomic mass is 9.97. The molecule has 0 spiro atoms. The van der Waals surface area contributed by atoms with Crippen LogP contribution in [0, 0.1) is 0 Å². The topological polar surface area (TPSA) is 190 Å². The van der Waals surface area contributed by atoms with Gasteiger partial charge in [0.05, 0.1) is 39.4 Å². The van der Waals surface area contributed by atoms with Crippen molar-refractivity contribution >= 4 is 46.6 Å². The molecule has 2 aromatic heterocycles. The fourth-order valence-electron chi connectivity index (χ4n) is 3.74. The molecule has 39 heavy (non-hydrogen) atoms. The molecular formula is C26H21ClN6O6. The Morgan fingerprint density at radius 2 is 1.62 bits per heavy atom. The second-order valence-corrected chi connectivity index (χ2v) is 8.63. The molecule has 0 radical (unpaired) electrons. The van der Waals surface area contributed by atoms with Gasteiger partial charge in [0.25, 0.3) is 5.56 Å². The summed E-state index contributed by atoms with van der Waals surface area (Å²) in [5.41, 5.74) is 6.83. The van der Waals surface area contributed by atoms with E-state index in [1.54, 1.807) is 31.2 Å². The molecule has 13 heteroatoms. The van der Waals surface area contributed by atoms with Gasteiger partial charge in [-0.25, -0.2) is 19.1 Å². The van der Waals surface area contributed by atoms with Gasteiger partial charge in [-0.1, -0.05) is 29.8 Å². The van der Waals surface area contributed by atoms with Crippen molar-refractivity contribution in [3.8, 4) is 22.4 Å². The number of aromatic carboxylic acids is 2. The van der Waals surface area contributed by atoms with Crippen LogP contribution in [0.4, 0.5) is 21.9 Å². The number of aryl methyl sites for hydroxylation is 1. The van der Waals surface area contributed by atoms with Crippen LogP contribution in [0.15, 0.2) is 65.7 Å². The van der Waals surface area contributed by atoms with Crippen molar-refractivity contribution in [2.24, 2.45) is 0 Å². The van der Waals surface area contributed by atoms with Crippen LogP contribution >= 0.6 is 11.6 Å². The molecule has 12 nitrogen and oxygen atoms in total. The van der Waals surface area contributed by atoms with E-state index < -0.39 is 23.5 Å². The number of carbonyl (C=O) groups excluding carboxylic acids is 1. The standard InChI is InChI=1S/C26H21ClN6O6/c1-2-33-23(34)21(30-26(39)31-22-18(27)11-29-12-19(22)28)10-20(32-33)14-5-3-4-13(6-14)15-7-16(24(35)36)9-17(8-15)25(37)38/h3-12H,2,28H2,1H3,(H,35,36)(H,37,38)(H2,29,30,31,39). The number of carboxylic acids is 2. The van der Waals surface area contributed by atoms with Crippen molar-refractivity contribution in [2.75, 3.05) is 16.4 Å². The van der Waals surface area contributed by atoms with Crippen LogP contribution in [-0.2, 0) is 6.54 Å². The van der Waals surface area contributed by atoms with Gasteiger partial charge in [0.1, 0.15) is 5.69 Å². The van der Waals surface area contributed by atoms with Crippen molar-refractivity contribution in [1.29, 1.82) is 0 Å². The number of aromatic nitrogens is 3. The Kier molecular flexibility index (Phi) is 7.58. The number of nitrogens with one attached hydrogen (secondary N) is 2. The van der Waals surface area contributed by atoms with Gasteiger partial charge in [-0.2, -0.15) is 5.10 Å². The summed E-state index contributed by atoms with van der Waals surface area (Å²) in [5, 5.41) is 28.3. The van der Waals surface area contributed by atoms with Crippen molar-refractivity contribution < 1.29 is 24.6 Å². The Morgan fingerprint density at radius 1 is 0.949 bits per heavy atom. The average Bonchev–Trinajstić information content (AvgIpc) is 2.91. The zero-order valence-corrected chi connectivity index (χ0v) is 21.1. The van der Waals surface area contributed by atoms with Crippen LogP contribution in [0.25, 0.3) is 22.4 Å². The molecule has 0 aliphatic rings. The van der Waals surface area contributed by atoms with Gasteiger partial charge in [0, 0.05) is 18.3 Å². The maximum absolute atomic E-state index is 12.9. The number of anilines is 3. The number of rotatable bonds is 7. The van der Waals surface area contributed by atoms with E-state index in [0.29, 0.717) is 22.4 Å². The first-order chi connectivity index (χ1) is 18.6. The molecule has 0 bridgehead atoms. The van der Waals surface area contributed by atoms with Crippen LogP contribution < -0.4 is 21.9 Å². The Balaban J connectivity index is 1.72. The highest BCUT2D eigenvalue weighted by molar-refractivity contribution is 6.34. The lowest BCUT2D eigenvalue weighted by Gasteiger charge is -2.13. The average molecular weight is 549 g/mol. The van der Waals surface area contributed by atoms with Gasteiger partial charge < -0.3 is 26.6 Å². The first-order valence-corrected chi connectivity index (χ1v) is 11.8. The summed E-state index contributed by atoms with van der Waals surface area (Å²) in [6.07, 6.45) is 2.62. The van der Waals surface area contributed by atoms with Crippen LogP contribution in [0.3, 0.4) is 0 Å². The maximum atomic E-state index is 12.9. The van der Waals surface area contributed by atoms with E-state index in [-0.39, 0.29) is 39.8 Å². The number of urea groups is 1. The minimum atomic E-state index is -1.27. The molecule has 0 unspecified atom stereocenters. The zero-order valence-electron chi connectivity index (χ0n) is 20.3. The van der Waals surface area contributed by atoms with Crippen LogP contribution in [0.1, 0.15) is 27.6 Å². The summed E-state index contributed by atoms with van der Waals surface area (Å²) < 4.78 is 1.17. The molecule has 198 valence electrons. The Labute approximate surface area is 225 Å². The lowest BCUT2D eigenvalue weighted by Crippen LogP contribution is -2.30. The zero-order chi connectivity index (χ0) is 28.3. The smallest absolute Gasteiger partial charge is 0.335 e. The summed E-state index contributed by atoms with van der Waals surface area (Å²) in [4.78, 5) is 52.5. The SMILES string of the molecule is CCn1nc(-c2cccc(-c3cc(C(=O)O)cc(C(=O)O)c3)c2)cc(NC(=O)Nc2c(N)cncc2Cl)c1=O. The summed E-state index contributed by atoms with van der Waals surface area (Å²) in [6.45, 7) is 1.91. The number of benzene rings is 2. The van der Waals surface area contributed by atoms with E-state index in [2.05, 4.69) is 20.7 Å². The van der Waals surface area contributed by atoms with Gasteiger partial charge in [-0.05, 0) is 48.4 Å². The lowest BCUT2D eigenvalue weighted by molar-refractivity contribution is 0.0696. The number of nitrogens with zero attached hydrogens (tertiary/aromatic N) is 3. The van der Waals surface area contributed by atoms with Crippen LogP contribution in [0.5, 0.6) is 0 Å². The number of nitrogen functional groups attached to an aromatic ring is 1. The first kappa shape index (κ1) is 26.8. The third-order valence-electron chi connectivity index (χ3n) is 5.61. The summed E-state index contributed by atoms with van der Waals surface area (Å²) in [6, 6.07) is 11.2. The molecule has 0 saturated heterocycles. The van der Waals surface area contributed by atoms with Gasteiger partial charge in [0.2, 0.25) is 0 Å². The number of halogens is 1. The highest BCUT2D eigenvalue weighted by atomic mass is 35.5. The summed E-state index contributed by atoms with van der Waals surface area (Å²) in [5.74, 6) is -2.54. The fraction of sp³-hybridized carbons (Fsp3) is 0.0769. The molecule has 6 N–H and O–H groups in total. The van der Waals surface area contributed by atoms with E-state index in [9.17, 15) is 29.4 Å². The number of carboxylic acid groups (broad SMARTS) is 2. The minimum absolute atomic E-state index is 0.0745. The van der Waals surface area contributed by atoms with Gasteiger partial charge in [-0.3, -0.25) is 9.78 Å². The number of nitrogens with two attached hydrogens (primary N) is 1. The largest absolute Gasteiger partial charge is 0.478 e. The molecule has 0 aliphatic carbocycles. The van der Waals surface area contributed by atoms with Gasteiger partial charge in [0.15, 0.2) is 0 Å². The number of hydrogen-bond acceptors (Lipinski definition) is 7. The van der Waals surface area contributed by atoms with E-state index in [1.165, 1.54) is 35.3 Å². The van der Waals surface area contributed by atoms with E-state index in [1.807, 2.05) is 0 Å². The maximum Gasteiger partial charge on any atom is 0.335 e. The molecule has 2 aromatic carbocycles. The molecule has 4 aromatic rings. The normalized spacial score (nSPS) is 10.6. The molecule has 2 heterocycles. The Hall–Kier alpha value is -5.23. The summed E-state index contributed by atoms with van der Waals surface area (Å²) >= 11 is 6.05. The highest BCUT2D eigenvalue weighted by Crippen LogP contribution is 2.29. The predicted octanol–water partition coefficient (Wildman–Crippen LogP) is 4.27. The highest BCUT2D eigenvalue weighted by Gasteiger charge is 2.16. The van der Waals surface area contributed by atoms with E-state index in [4.69, 9.17) is 17.3 Å². The second kappa shape index (κ2) is 11.0.